The van der Waals surface area contributed by atoms with Gasteiger partial charge in [-0.1, -0.05) is 43.3 Å². The largest absolute Gasteiger partial charge is 0.490 e. The predicted octanol–water partition coefficient (Wildman–Crippen LogP) is 5.88. The van der Waals surface area contributed by atoms with E-state index in [-0.39, 0.29) is 30.4 Å². The number of ether oxygens (including phenoxy) is 1. The zero-order valence-corrected chi connectivity index (χ0v) is 29.2. The van der Waals surface area contributed by atoms with Crippen LogP contribution in [-0.2, 0) is 21.7 Å². The Morgan fingerprint density at radius 3 is 2.57 bits per heavy atom. The first-order chi connectivity index (χ1) is 23.7. The van der Waals surface area contributed by atoms with Gasteiger partial charge in [0.05, 0.1) is 18.8 Å². The smallest absolute Gasteiger partial charge is 0.222 e. The number of carbonyl (C=O) groups is 2. The van der Waals surface area contributed by atoms with Crippen molar-refractivity contribution in [2.75, 3.05) is 19.7 Å². The molecule has 2 aliphatic rings. The van der Waals surface area contributed by atoms with E-state index in [1.54, 1.807) is 4.90 Å². The molecular weight excluding hydrogens is 616 g/mol. The van der Waals surface area contributed by atoms with Crippen molar-refractivity contribution in [1.82, 2.24) is 15.2 Å². The van der Waals surface area contributed by atoms with Crippen LogP contribution in [0.25, 0.3) is 11.1 Å². The molecule has 2 aliphatic carbocycles. The van der Waals surface area contributed by atoms with Crippen LogP contribution in [-0.4, -0.2) is 63.8 Å². The highest BCUT2D eigenvalue weighted by atomic mass is 16.5. The number of hydrogen-bond donors (Lipinski definition) is 4. The third-order valence-corrected chi connectivity index (χ3v) is 10.1. The van der Waals surface area contributed by atoms with E-state index < -0.39 is 12.0 Å². The highest BCUT2D eigenvalue weighted by Crippen LogP contribution is 2.50. The fourth-order valence-electron chi connectivity index (χ4n) is 6.55. The summed E-state index contributed by atoms with van der Waals surface area (Å²) < 4.78 is 6.29. The molecule has 264 valence electrons. The molecule has 0 bridgehead atoms. The lowest BCUT2D eigenvalue weighted by molar-refractivity contribution is -0.132. The number of nitrogens with two attached hydrogens (primary N) is 1. The van der Waals surface area contributed by atoms with Crippen LogP contribution in [0.3, 0.4) is 0 Å². The lowest BCUT2D eigenvalue weighted by Crippen LogP contribution is -2.35. The van der Waals surface area contributed by atoms with E-state index in [9.17, 15) is 14.7 Å². The molecule has 0 aliphatic heterocycles. The highest BCUT2D eigenvalue weighted by molar-refractivity contribution is 5.78. The molecule has 9 heteroatoms. The minimum Gasteiger partial charge on any atom is -0.490 e. The van der Waals surface area contributed by atoms with E-state index in [0.29, 0.717) is 44.9 Å². The summed E-state index contributed by atoms with van der Waals surface area (Å²) in [4.78, 5) is 30.8. The van der Waals surface area contributed by atoms with Gasteiger partial charge in [-0.25, -0.2) is 0 Å². The Kier molecular flexibility index (Phi) is 12.8. The molecule has 9 nitrogen and oxygen atoms in total. The molecule has 5 N–H and O–H groups in total. The molecule has 0 saturated heterocycles. The van der Waals surface area contributed by atoms with Crippen LogP contribution < -0.4 is 15.8 Å². The fourth-order valence-corrected chi connectivity index (χ4v) is 6.55. The molecule has 2 unspecified atom stereocenters. The van der Waals surface area contributed by atoms with Gasteiger partial charge in [-0.05, 0) is 111 Å². The summed E-state index contributed by atoms with van der Waals surface area (Å²) >= 11 is 0. The van der Waals surface area contributed by atoms with Crippen LogP contribution >= 0.6 is 0 Å². The second kappa shape index (κ2) is 17.2. The van der Waals surface area contributed by atoms with E-state index in [2.05, 4.69) is 66.6 Å². The number of unbranched alkanes of at least 4 members (excludes halogenated alkanes) is 1. The summed E-state index contributed by atoms with van der Waals surface area (Å²) in [5, 5.41) is 22.6. The number of para-hydroxylation sites is 1. The second-order valence-electron chi connectivity index (χ2n) is 14.1. The Hall–Kier alpha value is -3.79. The van der Waals surface area contributed by atoms with Crippen molar-refractivity contribution in [2.24, 2.45) is 5.73 Å². The molecule has 49 heavy (non-hydrogen) atoms. The minimum absolute atomic E-state index is 0.0242. The number of amides is 2. The number of primary amides is 1. The average molecular weight is 671 g/mol. The number of benzene rings is 2. The number of aryl methyl sites for hydroxylation is 1. The normalized spacial score (nSPS) is 16.2. The van der Waals surface area contributed by atoms with E-state index in [1.165, 1.54) is 27.8 Å². The molecule has 0 spiro atoms. The minimum atomic E-state index is -0.738. The molecule has 5 rings (SSSR count). The third-order valence-electron chi connectivity index (χ3n) is 10.1. The molecule has 2 fully saturated rings. The molecular formula is C40H54N4O5. The van der Waals surface area contributed by atoms with E-state index in [4.69, 9.17) is 15.6 Å². The van der Waals surface area contributed by atoms with Crippen molar-refractivity contribution < 1.29 is 24.5 Å². The number of carbonyl (C=O) groups excluding carboxylic acids is 2. The summed E-state index contributed by atoms with van der Waals surface area (Å²) in [6.45, 7) is 5.69. The first kappa shape index (κ1) is 36.5. The Bertz CT molecular complexity index is 1550. The first-order valence-corrected chi connectivity index (χ1v) is 18.1. The number of pyridine rings is 1. The third kappa shape index (κ3) is 10.4. The predicted molar refractivity (Wildman–Crippen MR) is 192 cm³/mol. The molecule has 2 atom stereocenters. The highest BCUT2D eigenvalue weighted by Gasteiger charge is 2.46. The van der Waals surface area contributed by atoms with Gasteiger partial charge in [0.15, 0.2) is 0 Å². The lowest BCUT2D eigenvalue weighted by atomic mass is 9.91. The maximum absolute atomic E-state index is 13.1. The molecule has 2 aromatic carbocycles. The van der Waals surface area contributed by atoms with Crippen molar-refractivity contribution in [3.8, 4) is 16.9 Å². The molecule has 1 aromatic heterocycles. The maximum atomic E-state index is 13.1. The molecule has 2 amide bonds. The standard InChI is InChI=1S/C40H54N4O5/c1-28(8-7-12-39(48)44(23-18-38(41)47)22-6-5-9-32(46)27-45)30-14-13-29(2)31(24-30)25-43-40(19-20-40)36-26-42-21-17-34(36)35-10-3-4-11-37(35)49-33-15-16-33/h3-4,10-11,13-14,17,21,24,26,28,32-33,43,45-46H,5-9,12,15-16,18-20,22-23,25,27H2,1-2H3,(H2,41,47). The number of hydrogen-bond acceptors (Lipinski definition) is 7. The topological polar surface area (TPSA) is 138 Å². The van der Waals surface area contributed by atoms with Crippen molar-refractivity contribution in [2.45, 2.75) is 115 Å². The van der Waals surface area contributed by atoms with Gasteiger partial charge in [-0.2, -0.15) is 0 Å². The van der Waals surface area contributed by atoms with Gasteiger partial charge in [0, 0.05) is 56.0 Å². The first-order valence-electron chi connectivity index (χ1n) is 18.1. The van der Waals surface area contributed by atoms with E-state index >= 15 is 0 Å². The zero-order valence-electron chi connectivity index (χ0n) is 29.2. The summed E-state index contributed by atoms with van der Waals surface area (Å²) in [6.07, 6.45) is 11.9. The van der Waals surface area contributed by atoms with Crippen molar-refractivity contribution in [3.63, 3.8) is 0 Å². The zero-order chi connectivity index (χ0) is 34.8. The van der Waals surface area contributed by atoms with Gasteiger partial charge >= 0.3 is 0 Å². The van der Waals surface area contributed by atoms with Crippen molar-refractivity contribution in [3.05, 3.63) is 83.2 Å². The molecule has 0 radical (unpaired) electrons. The van der Waals surface area contributed by atoms with Gasteiger partial charge in [-0.3, -0.25) is 14.6 Å². The van der Waals surface area contributed by atoms with Gasteiger partial charge in [0.25, 0.3) is 0 Å². The quantitative estimate of drug-likeness (QED) is 0.104. The summed E-state index contributed by atoms with van der Waals surface area (Å²) in [6, 6.07) is 17.2. The average Bonchev–Trinajstić information content (AvgIpc) is 4.05. The molecule has 3 aromatic rings. The van der Waals surface area contributed by atoms with Crippen LogP contribution in [0.15, 0.2) is 60.9 Å². The van der Waals surface area contributed by atoms with E-state index in [0.717, 1.165) is 56.4 Å². The number of rotatable bonds is 21. The number of aliphatic hydroxyl groups is 2. The monoisotopic (exact) mass is 670 g/mol. The van der Waals surface area contributed by atoms with Crippen LogP contribution in [0.5, 0.6) is 5.75 Å². The summed E-state index contributed by atoms with van der Waals surface area (Å²) in [7, 11) is 0. The van der Waals surface area contributed by atoms with Gasteiger partial charge in [0.2, 0.25) is 11.8 Å². The van der Waals surface area contributed by atoms with Crippen LogP contribution in [0.2, 0.25) is 0 Å². The Morgan fingerprint density at radius 2 is 1.84 bits per heavy atom. The molecule has 2 saturated carbocycles. The SMILES string of the molecule is Cc1ccc(C(C)CCCC(=O)N(CCCCC(O)CO)CCC(N)=O)cc1CNC1(c2cnccc2-c2ccccc2OC2CC2)CC1. The van der Waals surface area contributed by atoms with Gasteiger partial charge in [-0.15, -0.1) is 0 Å². The van der Waals surface area contributed by atoms with Crippen LogP contribution in [0.1, 0.15) is 106 Å². The summed E-state index contributed by atoms with van der Waals surface area (Å²) in [5.74, 6) is 0.829. The number of nitrogens with one attached hydrogen (secondary N) is 1. The Balaban J connectivity index is 1.17. The van der Waals surface area contributed by atoms with Crippen LogP contribution in [0.4, 0.5) is 0 Å². The van der Waals surface area contributed by atoms with Crippen LogP contribution in [0, 0.1) is 6.92 Å². The second-order valence-corrected chi connectivity index (χ2v) is 14.1. The summed E-state index contributed by atoms with van der Waals surface area (Å²) in [5.41, 5.74) is 12.6. The van der Waals surface area contributed by atoms with Gasteiger partial charge in [0.1, 0.15) is 5.75 Å². The van der Waals surface area contributed by atoms with Crippen molar-refractivity contribution >= 4 is 11.8 Å². The maximum Gasteiger partial charge on any atom is 0.222 e. The van der Waals surface area contributed by atoms with Gasteiger partial charge < -0.3 is 30.9 Å². The number of aromatic nitrogens is 1. The fraction of sp³-hybridized carbons (Fsp3) is 0.525. The Labute approximate surface area is 291 Å². The molecule has 1 heterocycles. The lowest BCUT2D eigenvalue weighted by Gasteiger charge is -2.24. The Morgan fingerprint density at radius 1 is 1.04 bits per heavy atom. The number of aliphatic hydroxyl groups excluding tert-OH is 2. The van der Waals surface area contributed by atoms with Crippen molar-refractivity contribution in [1.29, 1.82) is 0 Å². The number of nitrogens with zero attached hydrogens (tertiary/aromatic N) is 2. The van der Waals surface area contributed by atoms with E-state index in [1.807, 2.05) is 18.5 Å².